The van der Waals surface area contributed by atoms with E-state index in [-0.39, 0.29) is 11.8 Å². The number of hydroxylamine groups is 1. The maximum absolute atomic E-state index is 13.5. The van der Waals surface area contributed by atoms with Crippen LogP contribution in [0.5, 0.6) is 5.75 Å². The fraction of sp³-hybridized carbons (Fsp3) is 0.167. The SMILES string of the molecule is COc1ccc([C@H]2[C@H]3C(=O)N(c4ccc(Cl)cc4)C(=O)[C@H]3ON2c2ccccc2)cc1. The van der Waals surface area contributed by atoms with Gasteiger partial charge in [-0.05, 0) is 54.1 Å². The molecule has 31 heavy (non-hydrogen) atoms. The number of para-hydroxylation sites is 1. The maximum Gasteiger partial charge on any atom is 0.266 e. The van der Waals surface area contributed by atoms with Crippen molar-refractivity contribution in [1.29, 1.82) is 0 Å². The summed E-state index contributed by atoms with van der Waals surface area (Å²) in [5.74, 6) is -0.648. The number of amides is 2. The number of carbonyl (C=O) groups is 2. The van der Waals surface area contributed by atoms with E-state index in [9.17, 15) is 9.59 Å². The minimum Gasteiger partial charge on any atom is -0.497 e. The highest BCUT2D eigenvalue weighted by molar-refractivity contribution is 6.31. The lowest BCUT2D eigenvalue weighted by Crippen LogP contribution is -2.37. The third-order valence-electron chi connectivity index (χ3n) is 5.67. The van der Waals surface area contributed by atoms with E-state index in [0.717, 1.165) is 11.3 Å². The number of rotatable bonds is 4. The Kier molecular flexibility index (Phi) is 4.88. The number of carbonyl (C=O) groups excluding carboxylic acids is 2. The molecule has 5 rings (SSSR count). The Bertz CT molecular complexity index is 1120. The molecule has 2 saturated heterocycles. The molecule has 0 bridgehead atoms. The molecular formula is C24H19ClN2O4. The number of ether oxygens (including phenoxy) is 1. The van der Waals surface area contributed by atoms with Crippen LogP contribution in [0, 0.1) is 5.92 Å². The lowest BCUT2D eigenvalue weighted by molar-refractivity contribution is -0.126. The first-order valence-corrected chi connectivity index (χ1v) is 10.2. The van der Waals surface area contributed by atoms with E-state index in [2.05, 4.69) is 0 Å². The second kappa shape index (κ2) is 7.72. The Hall–Kier alpha value is -3.35. The fourth-order valence-electron chi connectivity index (χ4n) is 4.20. The van der Waals surface area contributed by atoms with Crippen LogP contribution in [-0.2, 0) is 14.4 Å². The fourth-order valence-corrected chi connectivity index (χ4v) is 4.32. The van der Waals surface area contributed by atoms with Gasteiger partial charge in [-0.3, -0.25) is 14.4 Å². The summed E-state index contributed by atoms with van der Waals surface area (Å²) in [4.78, 5) is 34.1. The van der Waals surface area contributed by atoms with Crippen LogP contribution in [0.3, 0.4) is 0 Å². The minimum absolute atomic E-state index is 0.295. The van der Waals surface area contributed by atoms with E-state index in [1.165, 1.54) is 4.90 Å². The molecule has 2 fully saturated rings. The quantitative estimate of drug-likeness (QED) is 0.570. The van der Waals surface area contributed by atoms with Gasteiger partial charge in [-0.15, -0.1) is 0 Å². The summed E-state index contributed by atoms with van der Waals surface area (Å²) in [6.07, 6.45) is -0.907. The molecule has 0 aromatic heterocycles. The van der Waals surface area contributed by atoms with Crippen LogP contribution in [0.4, 0.5) is 11.4 Å². The molecular weight excluding hydrogens is 416 g/mol. The van der Waals surface area contributed by atoms with Gasteiger partial charge in [0, 0.05) is 5.02 Å². The molecule has 3 aromatic carbocycles. The third-order valence-corrected chi connectivity index (χ3v) is 5.92. The van der Waals surface area contributed by atoms with Crippen LogP contribution >= 0.6 is 11.6 Å². The molecule has 2 aliphatic rings. The first kappa shape index (κ1) is 19.6. The minimum atomic E-state index is -0.907. The van der Waals surface area contributed by atoms with Crippen LogP contribution in [0.2, 0.25) is 5.02 Å². The number of methoxy groups -OCH3 is 1. The predicted octanol–water partition coefficient (Wildman–Crippen LogP) is 4.40. The summed E-state index contributed by atoms with van der Waals surface area (Å²) in [6.45, 7) is 0. The molecule has 2 heterocycles. The van der Waals surface area contributed by atoms with Gasteiger partial charge in [0.1, 0.15) is 11.7 Å². The zero-order valence-corrected chi connectivity index (χ0v) is 17.4. The summed E-state index contributed by atoms with van der Waals surface area (Å²) >= 11 is 5.97. The van der Waals surface area contributed by atoms with E-state index in [1.807, 2.05) is 54.6 Å². The smallest absolute Gasteiger partial charge is 0.266 e. The highest BCUT2D eigenvalue weighted by Crippen LogP contribution is 2.47. The highest BCUT2D eigenvalue weighted by Gasteiger charge is 2.60. The van der Waals surface area contributed by atoms with E-state index in [1.54, 1.807) is 36.4 Å². The van der Waals surface area contributed by atoms with Crippen LogP contribution < -0.4 is 14.7 Å². The van der Waals surface area contributed by atoms with E-state index in [4.69, 9.17) is 21.2 Å². The molecule has 2 aliphatic heterocycles. The largest absolute Gasteiger partial charge is 0.497 e. The molecule has 6 nitrogen and oxygen atoms in total. The van der Waals surface area contributed by atoms with Crippen molar-refractivity contribution in [3.8, 4) is 5.75 Å². The average Bonchev–Trinajstić information content (AvgIpc) is 3.31. The second-order valence-corrected chi connectivity index (χ2v) is 7.86. The molecule has 3 atom stereocenters. The van der Waals surface area contributed by atoms with Crippen LogP contribution in [0.15, 0.2) is 78.9 Å². The molecule has 2 amide bonds. The monoisotopic (exact) mass is 434 g/mol. The summed E-state index contributed by atoms with van der Waals surface area (Å²) in [7, 11) is 1.60. The number of imide groups is 1. The Morgan fingerprint density at radius 3 is 2.16 bits per heavy atom. The maximum atomic E-state index is 13.5. The predicted molar refractivity (Wildman–Crippen MR) is 117 cm³/mol. The van der Waals surface area contributed by atoms with Gasteiger partial charge in [0.2, 0.25) is 5.91 Å². The molecule has 156 valence electrons. The van der Waals surface area contributed by atoms with Crippen LogP contribution in [-0.4, -0.2) is 25.0 Å². The molecule has 0 aliphatic carbocycles. The Balaban J connectivity index is 1.57. The van der Waals surface area contributed by atoms with Gasteiger partial charge >= 0.3 is 0 Å². The van der Waals surface area contributed by atoms with Gasteiger partial charge in [0.25, 0.3) is 5.91 Å². The normalized spacial score (nSPS) is 22.7. The van der Waals surface area contributed by atoms with E-state index in [0.29, 0.717) is 16.5 Å². The summed E-state index contributed by atoms with van der Waals surface area (Å²) in [5, 5.41) is 2.21. The average molecular weight is 435 g/mol. The van der Waals surface area contributed by atoms with E-state index >= 15 is 0 Å². The molecule has 0 saturated carbocycles. The molecule has 0 spiro atoms. The van der Waals surface area contributed by atoms with Crippen molar-refractivity contribution < 1.29 is 19.2 Å². The first-order valence-electron chi connectivity index (χ1n) is 9.87. The number of fused-ring (bicyclic) bond motifs is 1. The summed E-state index contributed by atoms with van der Waals surface area (Å²) < 4.78 is 5.27. The summed E-state index contributed by atoms with van der Waals surface area (Å²) in [6, 6.07) is 23.1. The second-order valence-electron chi connectivity index (χ2n) is 7.42. The number of anilines is 2. The standard InChI is InChI=1S/C24H19ClN2O4/c1-30-19-13-7-15(8-14-19)21-20-22(31-27(21)18-5-3-2-4-6-18)24(29)26(23(20)28)17-11-9-16(25)10-12-17/h2-14,20-22H,1H3/t20-,21+,22+/m1/s1. The number of benzene rings is 3. The first-order chi connectivity index (χ1) is 15.1. The van der Waals surface area contributed by atoms with Gasteiger partial charge in [-0.25, -0.2) is 9.96 Å². The molecule has 0 radical (unpaired) electrons. The third kappa shape index (κ3) is 3.24. The van der Waals surface area contributed by atoms with Crippen molar-refractivity contribution in [2.24, 2.45) is 5.92 Å². The molecule has 3 aromatic rings. The van der Waals surface area contributed by atoms with Gasteiger partial charge in [0.05, 0.1) is 24.5 Å². The highest BCUT2D eigenvalue weighted by atomic mass is 35.5. The van der Waals surface area contributed by atoms with Gasteiger partial charge in [0.15, 0.2) is 6.10 Å². The Morgan fingerprint density at radius 1 is 0.839 bits per heavy atom. The zero-order valence-electron chi connectivity index (χ0n) is 16.6. The molecule has 0 unspecified atom stereocenters. The van der Waals surface area contributed by atoms with Crippen molar-refractivity contribution in [3.05, 3.63) is 89.4 Å². The Labute approximate surface area is 184 Å². The number of halogens is 1. The van der Waals surface area contributed by atoms with Crippen LogP contribution in [0.1, 0.15) is 11.6 Å². The molecule has 0 N–H and O–H groups in total. The zero-order chi connectivity index (χ0) is 21.5. The lowest BCUT2D eigenvalue weighted by atomic mass is 9.90. The number of hydrogen-bond acceptors (Lipinski definition) is 5. The van der Waals surface area contributed by atoms with Gasteiger partial charge in [-0.1, -0.05) is 41.9 Å². The van der Waals surface area contributed by atoms with Crippen LogP contribution in [0.25, 0.3) is 0 Å². The molecule has 7 heteroatoms. The van der Waals surface area contributed by atoms with Gasteiger partial charge in [-0.2, -0.15) is 0 Å². The van der Waals surface area contributed by atoms with Crippen molar-refractivity contribution in [3.63, 3.8) is 0 Å². The van der Waals surface area contributed by atoms with Crippen molar-refractivity contribution in [2.75, 3.05) is 17.1 Å². The Morgan fingerprint density at radius 2 is 1.52 bits per heavy atom. The number of nitrogens with zero attached hydrogens (tertiary/aromatic N) is 2. The van der Waals surface area contributed by atoms with Crippen molar-refractivity contribution >= 4 is 34.8 Å². The van der Waals surface area contributed by atoms with Gasteiger partial charge < -0.3 is 4.74 Å². The van der Waals surface area contributed by atoms with Crippen molar-refractivity contribution in [2.45, 2.75) is 12.1 Å². The summed E-state index contributed by atoms with van der Waals surface area (Å²) in [5.41, 5.74) is 2.12. The lowest BCUT2D eigenvalue weighted by Gasteiger charge is -2.28. The number of hydrogen-bond donors (Lipinski definition) is 0. The van der Waals surface area contributed by atoms with Crippen molar-refractivity contribution in [1.82, 2.24) is 0 Å². The van der Waals surface area contributed by atoms with E-state index < -0.39 is 18.1 Å². The topological polar surface area (TPSA) is 59.1 Å².